The van der Waals surface area contributed by atoms with Gasteiger partial charge in [-0.05, 0) is 25.0 Å². The number of aromatic nitrogens is 2. The summed E-state index contributed by atoms with van der Waals surface area (Å²) in [6, 6.07) is 7.87. The largest absolute Gasteiger partial charge is 0.304 e. The quantitative estimate of drug-likeness (QED) is 0.785. The topological polar surface area (TPSA) is 72.3 Å². The van der Waals surface area contributed by atoms with Gasteiger partial charge in [0.15, 0.2) is 15.5 Å². The van der Waals surface area contributed by atoms with Crippen LogP contribution in [0.25, 0.3) is 0 Å². The van der Waals surface area contributed by atoms with Crippen LogP contribution in [0.1, 0.15) is 34.2 Å². The van der Waals surface area contributed by atoms with Crippen LogP contribution in [0.2, 0.25) is 0 Å². The van der Waals surface area contributed by atoms with Gasteiger partial charge in [0.25, 0.3) is 5.91 Å². The number of fused-ring (bicyclic) bond motifs is 2. The van der Waals surface area contributed by atoms with Gasteiger partial charge in [0.05, 0.1) is 11.5 Å². The van der Waals surface area contributed by atoms with E-state index in [2.05, 4.69) is 5.10 Å². The lowest BCUT2D eigenvalue weighted by Crippen LogP contribution is -2.36. The van der Waals surface area contributed by atoms with Crippen molar-refractivity contribution in [1.29, 1.82) is 0 Å². The molecule has 0 spiro atoms. The maximum Gasteiger partial charge on any atom is 0.279 e. The molecule has 0 fully saturated rings. The van der Waals surface area contributed by atoms with E-state index in [1.165, 1.54) is 0 Å². The van der Waals surface area contributed by atoms with Crippen molar-refractivity contribution in [3.05, 3.63) is 46.8 Å². The summed E-state index contributed by atoms with van der Waals surface area (Å²) in [5, 5.41) is 4.37. The van der Waals surface area contributed by atoms with Gasteiger partial charge in [-0.25, -0.2) is 8.42 Å². The predicted molar refractivity (Wildman–Crippen MR) is 90.8 cm³/mol. The molecule has 24 heavy (non-hydrogen) atoms. The number of sulfone groups is 1. The van der Waals surface area contributed by atoms with Gasteiger partial charge in [0.2, 0.25) is 0 Å². The van der Waals surface area contributed by atoms with Gasteiger partial charge in [0.1, 0.15) is 0 Å². The van der Waals surface area contributed by atoms with Crippen molar-refractivity contribution in [2.24, 2.45) is 7.05 Å². The second kappa shape index (κ2) is 5.17. The molecule has 4 rings (SSSR count). The van der Waals surface area contributed by atoms with Crippen LogP contribution < -0.4 is 4.90 Å². The molecule has 1 unspecified atom stereocenters. The molecule has 0 saturated heterocycles. The summed E-state index contributed by atoms with van der Waals surface area (Å²) >= 11 is 0. The third kappa shape index (κ3) is 2.26. The fraction of sp³-hybridized carbons (Fsp3) is 0.412. The van der Waals surface area contributed by atoms with E-state index in [9.17, 15) is 13.2 Å². The van der Waals surface area contributed by atoms with Crippen LogP contribution >= 0.6 is 0 Å². The van der Waals surface area contributed by atoms with E-state index in [1.54, 1.807) is 16.6 Å². The zero-order valence-corrected chi connectivity index (χ0v) is 14.5. The summed E-state index contributed by atoms with van der Waals surface area (Å²) in [7, 11) is -1.39. The number of benzene rings is 1. The number of carbonyl (C=O) groups excluding carboxylic acids is 1. The van der Waals surface area contributed by atoms with Gasteiger partial charge in [-0.1, -0.05) is 18.2 Å². The van der Waals surface area contributed by atoms with Gasteiger partial charge >= 0.3 is 0 Å². The molecule has 0 N–H and O–H groups in total. The number of hydrogen-bond acceptors (Lipinski definition) is 4. The van der Waals surface area contributed by atoms with Crippen LogP contribution in [0.5, 0.6) is 0 Å². The molecule has 6 nitrogen and oxygen atoms in total. The molecule has 1 aromatic carbocycles. The molecular formula is C17H19N3O3S. The molecule has 0 radical (unpaired) electrons. The van der Waals surface area contributed by atoms with Crippen molar-refractivity contribution < 1.29 is 13.2 Å². The lowest BCUT2D eigenvalue weighted by Gasteiger charge is -2.22. The van der Waals surface area contributed by atoms with E-state index in [0.29, 0.717) is 12.0 Å². The van der Waals surface area contributed by atoms with Gasteiger partial charge < -0.3 is 4.90 Å². The second-order valence-corrected chi connectivity index (χ2v) is 8.78. The maximum atomic E-state index is 13.2. The summed E-state index contributed by atoms with van der Waals surface area (Å²) in [6.07, 6.45) is 1.22. The molecule has 0 saturated carbocycles. The number of amides is 1. The molecule has 0 bridgehead atoms. The fourth-order valence-electron chi connectivity index (χ4n) is 3.77. The molecule has 126 valence electrons. The Morgan fingerprint density at radius 2 is 2.04 bits per heavy atom. The van der Waals surface area contributed by atoms with Crippen molar-refractivity contribution in [3.63, 3.8) is 0 Å². The Hall–Kier alpha value is -2.15. The number of carbonyl (C=O) groups is 1. The molecule has 0 aliphatic carbocycles. The highest BCUT2D eigenvalue weighted by atomic mass is 32.2. The molecule has 2 aliphatic rings. The zero-order chi connectivity index (χ0) is 17.1. The molecule has 1 aromatic heterocycles. The highest BCUT2D eigenvalue weighted by molar-refractivity contribution is 7.90. The van der Waals surface area contributed by atoms with E-state index >= 15 is 0 Å². The SMILES string of the molecule is CC1Cc2ccccc2N1C(=O)c1nn(C)c2c1CS(=O)(=O)CC2. The van der Waals surface area contributed by atoms with Gasteiger partial charge in [-0.3, -0.25) is 9.48 Å². The summed E-state index contributed by atoms with van der Waals surface area (Å²) in [5.41, 5.74) is 3.74. The summed E-state index contributed by atoms with van der Waals surface area (Å²) in [4.78, 5) is 14.9. The lowest BCUT2D eigenvalue weighted by molar-refractivity contribution is 0.0975. The normalized spacial score (nSPS) is 21.4. The molecular weight excluding hydrogens is 326 g/mol. The first kappa shape index (κ1) is 15.4. The van der Waals surface area contributed by atoms with E-state index in [1.807, 2.05) is 31.2 Å². The average molecular weight is 345 g/mol. The van der Waals surface area contributed by atoms with Gasteiger partial charge in [0, 0.05) is 36.5 Å². The minimum Gasteiger partial charge on any atom is -0.304 e. The first-order valence-electron chi connectivity index (χ1n) is 8.04. The van der Waals surface area contributed by atoms with Crippen molar-refractivity contribution in [1.82, 2.24) is 9.78 Å². The Bertz CT molecular complexity index is 946. The molecule has 7 heteroatoms. The Labute approximate surface area is 141 Å². The number of aryl methyl sites for hydroxylation is 1. The first-order valence-corrected chi connectivity index (χ1v) is 9.86. The molecule has 2 aliphatic heterocycles. The van der Waals surface area contributed by atoms with Crippen LogP contribution in [-0.2, 0) is 35.5 Å². The predicted octanol–water partition coefficient (Wildman–Crippen LogP) is 1.48. The van der Waals surface area contributed by atoms with Crippen molar-refractivity contribution in [3.8, 4) is 0 Å². The fourth-order valence-corrected chi connectivity index (χ4v) is 5.16. The monoisotopic (exact) mass is 345 g/mol. The number of para-hydroxylation sites is 1. The minimum absolute atomic E-state index is 0.0350. The van der Waals surface area contributed by atoms with E-state index in [4.69, 9.17) is 0 Å². The standard InChI is InChI=1S/C17H19N3O3S/c1-11-9-12-5-3-4-6-14(12)20(11)17(21)16-13-10-24(22,23)8-7-15(13)19(2)18-16/h3-6,11H,7-10H2,1-2H3. The first-order chi connectivity index (χ1) is 11.4. The van der Waals surface area contributed by atoms with Crippen molar-refractivity contribution in [2.45, 2.75) is 31.6 Å². The lowest BCUT2D eigenvalue weighted by atomic mass is 10.1. The Kier molecular flexibility index (Phi) is 3.32. The Balaban J connectivity index is 1.80. The Morgan fingerprint density at radius 3 is 2.83 bits per heavy atom. The van der Waals surface area contributed by atoms with Gasteiger partial charge in [-0.15, -0.1) is 0 Å². The van der Waals surface area contributed by atoms with Crippen LogP contribution in [0, 0.1) is 0 Å². The highest BCUT2D eigenvalue weighted by Crippen LogP contribution is 2.34. The number of anilines is 1. The number of hydrogen-bond donors (Lipinski definition) is 0. The van der Waals surface area contributed by atoms with Crippen molar-refractivity contribution in [2.75, 3.05) is 10.7 Å². The highest BCUT2D eigenvalue weighted by Gasteiger charge is 2.36. The number of rotatable bonds is 1. The smallest absolute Gasteiger partial charge is 0.279 e. The van der Waals surface area contributed by atoms with E-state index < -0.39 is 9.84 Å². The molecule has 1 amide bonds. The second-order valence-electron chi connectivity index (χ2n) is 6.60. The zero-order valence-electron chi connectivity index (χ0n) is 13.7. The molecule has 1 atom stereocenters. The Morgan fingerprint density at radius 1 is 1.29 bits per heavy atom. The molecule has 3 heterocycles. The summed E-state index contributed by atoms with van der Waals surface area (Å²) in [6.45, 7) is 2.00. The summed E-state index contributed by atoms with van der Waals surface area (Å²) < 4.78 is 25.7. The van der Waals surface area contributed by atoms with Crippen LogP contribution in [0.4, 0.5) is 5.69 Å². The van der Waals surface area contributed by atoms with E-state index in [-0.39, 0.29) is 29.1 Å². The third-order valence-electron chi connectivity index (χ3n) is 4.92. The van der Waals surface area contributed by atoms with E-state index in [0.717, 1.165) is 23.4 Å². The van der Waals surface area contributed by atoms with Crippen molar-refractivity contribution >= 4 is 21.4 Å². The van der Waals surface area contributed by atoms with Gasteiger partial charge in [-0.2, -0.15) is 5.10 Å². The minimum atomic E-state index is -3.16. The number of nitrogens with zero attached hydrogens (tertiary/aromatic N) is 3. The third-order valence-corrected chi connectivity index (χ3v) is 6.47. The summed E-state index contributed by atoms with van der Waals surface area (Å²) in [5.74, 6) is -0.182. The maximum absolute atomic E-state index is 13.2. The average Bonchev–Trinajstić information content (AvgIpc) is 3.02. The van der Waals surface area contributed by atoms with Crippen LogP contribution in [0.3, 0.4) is 0 Å². The van der Waals surface area contributed by atoms with Crippen LogP contribution in [-0.4, -0.2) is 35.9 Å². The van der Waals surface area contributed by atoms with Crippen LogP contribution in [0.15, 0.2) is 24.3 Å². The molecule has 2 aromatic rings.